The van der Waals surface area contributed by atoms with E-state index < -0.39 is 0 Å². The van der Waals surface area contributed by atoms with E-state index in [-0.39, 0.29) is 6.61 Å². The molecule has 0 aromatic heterocycles. The van der Waals surface area contributed by atoms with Crippen molar-refractivity contribution in [3.63, 3.8) is 0 Å². The van der Waals surface area contributed by atoms with Crippen LogP contribution in [0, 0.1) is 0 Å². The van der Waals surface area contributed by atoms with Crippen LogP contribution in [-0.4, -0.2) is 37.7 Å². The minimum Gasteiger partial charge on any atom is -0.486 e. The Morgan fingerprint density at radius 3 is 2.65 bits per heavy atom. The van der Waals surface area contributed by atoms with E-state index in [0.717, 1.165) is 18.0 Å². The van der Waals surface area contributed by atoms with Crippen molar-refractivity contribution in [1.29, 1.82) is 0 Å². The first-order valence-corrected chi connectivity index (χ1v) is 6.85. The maximum absolute atomic E-state index is 8.75. The van der Waals surface area contributed by atoms with Gasteiger partial charge in [-0.3, -0.25) is 0 Å². The summed E-state index contributed by atoms with van der Waals surface area (Å²) in [6.07, 6.45) is 2.04. The van der Waals surface area contributed by atoms with Gasteiger partial charge in [-0.25, -0.2) is 0 Å². The van der Waals surface area contributed by atoms with Gasteiger partial charge in [0.05, 0.1) is 6.61 Å². The van der Waals surface area contributed by atoms with Crippen molar-refractivity contribution in [2.24, 2.45) is 0 Å². The third kappa shape index (κ3) is 3.06. The molecule has 0 aliphatic carbocycles. The zero-order chi connectivity index (χ0) is 12.1. The van der Waals surface area contributed by atoms with Crippen molar-refractivity contribution in [2.75, 3.05) is 32.6 Å². The lowest BCUT2D eigenvalue weighted by atomic mass is 10.2. The van der Waals surface area contributed by atoms with Crippen molar-refractivity contribution in [1.82, 2.24) is 5.32 Å². The van der Waals surface area contributed by atoms with Crippen molar-refractivity contribution < 1.29 is 14.6 Å². The van der Waals surface area contributed by atoms with Gasteiger partial charge in [0, 0.05) is 18.0 Å². The monoisotopic (exact) mass is 255 g/mol. The Morgan fingerprint density at radius 1 is 1.29 bits per heavy atom. The number of benzene rings is 1. The number of rotatable bonds is 5. The molecule has 1 aromatic rings. The van der Waals surface area contributed by atoms with Crippen molar-refractivity contribution in [3.8, 4) is 11.5 Å². The molecular weight excluding hydrogens is 238 g/mol. The Hall–Kier alpha value is -0.910. The quantitative estimate of drug-likeness (QED) is 0.613. The average Bonchev–Trinajstić information content (AvgIpc) is 2.38. The fourth-order valence-corrected chi connectivity index (χ4v) is 2.36. The summed E-state index contributed by atoms with van der Waals surface area (Å²) in [5.41, 5.74) is 1.18. The molecule has 1 aliphatic rings. The van der Waals surface area contributed by atoms with Crippen molar-refractivity contribution >= 4 is 11.8 Å². The summed E-state index contributed by atoms with van der Waals surface area (Å²) < 4.78 is 11.1. The molecule has 0 unspecified atom stereocenters. The SMILES string of the molecule is CSc1cc2c(cc1CNCCO)OCCO2. The molecule has 0 radical (unpaired) electrons. The Kier molecular flexibility index (Phi) is 4.53. The van der Waals surface area contributed by atoms with E-state index in [1.807, 2.05) is 18.4 Å². The number of nitrogens with one attached hydrogen (secondary N) is 1. The van der Waals surface area contributed by atoms with Crippen LogP contribution < -0.4 is 14.8 Å². The number of hydrogen-bond acceptors (Lipinski definition) is 5. The van der Waals surface area contributed by atoms with Gasteiger partial charge in [0.1, 0.15) is 13.2 Å². The highest BCUT2D eigenvalue weighted by Crippen LogP contribution is 2.36. The maximum atomic E-state index is 8.75. The molecule has 4 nitrogen and oxygen atoms in total. The highest BCUT2D eigenvalue weighted by atomic mass is 32.2. The fraction of sp³-hybridized carbons (Fsp3) is 0.500. The van der Waals surface area contributed by atoms with Crippen LogP contribution in [0.1, 0.15) is 5.56 Å². The molecule has 1 aromatic carbocycles. The highest BCUT2D eigenvalue weighted by molar-refractivity contribution is 7.98. The van der Waals surface area contributed by atoms with E-state index in [1.165, 1.54) is 10.5 Å². The molecule has 17 heavy (non-hydrogen) atoms. The van der Waals surface area contributed by atoms with Crippen molar-refractivity contribution in [2.45, 2.75) is 11.4 Å². The van der Waals surface area contributed by atoms with E-state index in [9.17, 15) is 0 Å². The molecular formula is C12H17NO3S. The van der Waals surface area contributed by atoms with Gasteiger partial charge in [-0.2, -0.15) is 0 Å². The van der Waals surface area contributed by atoms with Gasteiger partial charge in [-0.1, -0.05) is 0 Å². The lowest BCUT2D eigenvalue weighted by molar-refractivity contribution is 0.171. The normalized spacial score (nSPS) is 13.8. The van der Waals surface area contributed by atoms with Crippen LogP contribution in [-0.2, 0) is 6.54 Å². The molecule has 0 bridgehead atoms. The van der Waals surface area contributed by atoms with E-state index >= 15 is 0 Å². The van der Waals surface area contributed by atoms with E-state index in [2.05, 4.69) is 5.32 Å². The second-order valence-electron chi connectivity index (χ2n) is 3.71. The molecule has 0 amide bonds. The molecule has 94 valence electrons. The summed E-state index contributed by atoms with van der Waals surface area (Å²) in [6.45, 7) is 2.70. The molecule has 2 N–H and O–H groups in total. The van der Waals surface area contributed by atoms with E-state index in [1.54, 1.807) is 11.8 Å². The fourth-order valence-electron chi connectivity index (χ4n) is 1.74. The predicted molar refractivity (Wildman–Crippen MR) is 68.0 cm³/mol. The van der Waals surface area contributed by atoms with Gasteiger partial charge >= 0.3 is 0 Å². The molecule has 0 saturated heterocycles. The Bertz CT molecular complexity index is 384. The Balaban J connectivity index is 2.17. The summed E-state index contributed by atoms with van der Waals surface area (Å²) in [4.78, 5) is 1.18. The van der Waals surface area contributed by atoms with E-state index in [0.29, 0.717) is 19.8 Å². The second kappa shape index (κ2) is 6.14. The standard InChI is InChI=1S/C12H17NO3S/c1-17-12-7-11-10(15-4-5-16-11)6-9(12)8-13-2-3-14/h6-7,13-14H,2-5,8H2,1H3. The number of aliphatic hydroxyl groups is 1. The first-order valence-electron chi connectivity index (χ1n) is 5.63. The number of aliphatic hydroxyl groups excluding tert-OH is 1. The first kappa shape index (κ1) is 12.5. The number of fused-ring (bicyclic) bond motifs is 1. The van der Waals surface area contributed by atoms with Crippen LogP contribution in [0.5, 0.6) is 11.5 Å². The van der Waals surface area contributed by atoms with Gasteiger partial charge in [0.2, 0.25) is 0 Å². The van der Waals surface area contributed by atoms with Gasteiger partial charge in [0.15, 0.2) is 11.5 Å². The van der Waals surface area contributed by atoms with Gasteiger partial charge < -0.3 is 19.9 Å². The third-order valence-corrected chi connectivity index (χ3v) is 3.37. The molecule has 1 heterocycles. The first-order chi connectivity index (χ1) is 8.35. The van der Waals surface area contributed by atoms with Crippen LogP contribution in [0.15, 0.2) is 17.0 Å². The maximum Gasteiger partial charge on any atom is 0.162 e. The zero-order valence-corrected chi connectivity index (χ0v) is 10.7. The predicted octanol–water partition coefficient (Wildman–Crippen LogP) is 1.26. The van der Waals surface area contributed by atoms with Crippen LogP contribution in [0.4, 0.5) is 0 Å². The molecule has 0 atom stereocenters. The van der Waals surface area contributed by atoms with Crippen LogP contribution in [0.25, 0.3) is 0 Å². The molecule has 5 heteroatoms. The summed E-state index contributed by atoms with van der Waals surface area (Å²) in [6, 6.07) is 4.04. The van der Waals surface area contributed by atoms with Crippen LogP contribution >= 0.6 is 11.8 Å². The molecule has 0 spiro atoms. The molecule has 0 fully saturated rings. The van der Waals surface area contributed by atoms with Crippen LogP contribution in [0.2, 0.25) is 0 Å². The minimum absolute atomic E-state index is 0.152. The highest BCUT2D eigenvalue weighted by Gasteiger charge is 2.15. The lowest BCUT2D eigenvalue weighted by Crippen LogP contribution is -2.19. The summed E-state index contributed by atoms with van der Waals surface area (Å²) in [5.74, 6) is 1.64. The number of ether oxygens (including phenoxy) is 2. The molecule has 1 aliphatic heterocycles. The van der Waals surface area contributed by atoms with Gasteiger partial charge in [-0.05, 0) is 24.0 Å². The average molecular weight is 255 g/mol. The number of hydrogen-bond donors (Lipinski definition) is 2. The Labute approximate surface area is 105 Å². The second-order valence-corrected chi connectivity index (χ2v) is 4.56. The zero-order valence-electron chi connectivity index (χ0n) is 9.86. The number of thioether (sulfide) groups is 1. The minimum atomic E-state index is 0.152. The Morgan fingerprint density at radius 2 is 2.00 bits per heavy atom. The van der Waals surface area contributed by atoms with Crippen molar-refractivity contribution in [3.05, 3.63) is 17.7 Å². The summed E-state index contributed by atoms with van der Waals surface area (Å²) >= 11 is 1.69. The third-order valence-electron chi connectivity index (χ3n) is 2.55. The van der Waals surface area contributed by atoms with Crippen LogP contribution in [0.3, 0.4) is 0 Å². The van der Waals surface area contributed by atoms with Gasteiger partial charge in [0.25, 0.3) is 0 Å². The smallest absolute Gasteiger partial charge is 0.162 e. The van der Waals surface area contributed by atoms with Gasteiger partial charge in [-0.15, -0.1) is 11.8 Å². The summed E-state index contributed by atoms with van der Waals surface area (Å²) in [7, 11) is 0. The van der Waals surface area contributed by atoms with E-state index in [4.69, 9.17) is 14.6 Å². The lowest BCUT2D eigenvalue weighted by Gasteiger charge is -2.20. The topological polar surface area (TPSA) is 50.7 Å². The molecule has 0 saturated carbocycles. The molecule has 2 rings (SSSR count). The summed E-state index contributed by atoms with van der Waals surface area (Å²) in [5, 5.41) is 11.9. The largest absolute Gasteiger partial charge is 0.486 e.